The fraction of sp³-hybridized carbons (Fsp3) is 0.368. The van der Waals surface area contributed by atoms with Crippen LogP contribution in [0, 0.1) is 0 Å². The van der Waals surface area contributed by atoms with E-state index in [9.17, 15) is 0 Å². The van der Waals surface area contributed by atoms with Crippen LogP contribution in [0.2, 0.25) is 5.02 Å². The fourth-order valence-electron chi connectivity index (χ4n) is 2.98. The summed E-state index contributed by atoms with van der Waals surface area (Å²) in [6, 6.07) is 11.2. The van der Waals surface area contributed by atoms with Gasteiger partial charge in [-0.3, -0.25) is 4.90 Å². The third-order valence-electron chi connectivity index (χ3n) is 4.23. The van der Waals surface area contributed by atoms with E-state index in [-0.39, 0.29) is 0 Å². The van der Waals surface area contributed by atoms with Gasteiger partial charge in [0, 0.05) is 24.2 Å². The standard InChI is InChI=1S/C19H22ClNO3/c1-22-17-7-3-4-8-18(17)24-14-11-16(20)15(19(12-14)23-2)13-21-9-5-6-10-21/h3-4,7-8,11-12H,5-6,9-10,13H2,1-2H3. The first kappa shape index (κ1) is 16.9. The number of hydrogen-bond donors (Lipinski definition) is 0. The highest BCUT2D eigenvalue weighted by Gasteiger charge is 2.18. The van der Waals surface area contributed by atoms with Crippen molar-refractivity contribution in [2.24, 2.45) is 0 Å². The number of para-hydroxylation sites is 2. The number of rotatable bonds is 6. The highest BCUT2D eigenvalue weighted by atomic mass is 35.5. The van der Waals surface area contributed by atoms with Crippen molar-refractivity contribution in [1.29, 1.82) is 0 Å². The van der Waals surface area contributed by atoms with Gasteiger partial charge in [-0.2, -0.15) is 0 Å². The van der Waals surface area contributed by atoms with E-state index in [0.717, 1.165) is 30.9 Å². The number of ether oxygens (including phenoxy) is 3. The average molecular weight is 348 g/mol. The minimum absolute atomic E-state index is 0.631. The zero-order valence-corrected chi connectivity index (χ0v) is 14.8. The lowest BCUT2D eigenvalue weighted by Gasteiger charge is -2.19. The van der Waals surface area contributed by atoms with Gasteiger partial charge in [0.05, 0.1) is 19.2 Å². The Morgan fingerprint density at radius 3 is 2.29 bits per heavy atom. The highest BCUT2D eigenvalue weighted by Crippen LogP contribution is 2.37. The molecular formula is C19H22ClNO3. The van der Waals surface area contributed by atoms with Crippen LogP contribution in [-0.4, -0.2) is 32.2 Å². The largest absolute Gasteiger partial charge is 0.496 e. The van der Waals surface area contributed by atoms with E-state index in [1.165, 1.54) is 12.8 Å². The van der Waals surface area contributed by atoms with Gasteiger partial charge in [-0.25, -0.2) is 0 Å². The van der Waals surface area contributed by atoms with E-state index in [4.69, 9.17) is 25.8 Å². The summed E-state index contributed by atoms with van der Waals surface area (Å²) < 4.78 is 16.8. The van der Waals surface area contributed by atoms with E-state index in [1.54, 1.807) is 14.2 Å². The summed E-state index contributed by atoms with van der Waals surface area (Å²) in [4.78, 5) is 2.39. The molecule has 1 saturated heterocycles. The number of likely N-dealkylation sites (tertiary alicyclic amines) is 1. The smallest absolute Gasteiger partial charge is 0.169 e. The van der Waals surface area contributed by atoms with Crippen LogP contribution in [0.1, 0.15) is 18.4 Å². The molecule has 2 aromatic carbocycles. The van der Waals surface area contributed by atoms with Crippen molar-refractivity contribution in [3.05, 3.63) is 47.0 Å². The first-order valence-electron chi connectivity index (χ1n) is 8.11. The predicted molar refractivity (Wildman–Crippen MR) is 95.6 cm³/mol. The summed E-state index contributed by atoms with van der Waals surface area (Å²) in [5.74, 6) is 2.70. The van der Waals surface area contributed by atoms with Crippen molar-refractivity contribution in [1.82, 2.24) is 4.90 Å². The van der Waals surface area contributed by atoms with Gasteiger partial charge in [0.15, 0.2) is 11.5 Å². The summed E-state index contributed by atoms with van der Waals surface area (Å²) in [5, 5.41) is 0.658. The maximum absolute atomic E-state index is 6.51. The van der Waals surface area contributed by atoms with Crippen LogP contribution < -0.4 is 14.2 Å². The molecule has 4 nitrogen and oxygen atoms in total. The molecule has 0 N–H and O–H groups in total. The van der Waals surface area contributed by atoms with Gasteiger partial charge in [0.2, 0.25) is 0 Å². The average Bonchev–Trinajstić information content (AvgIpc) is 3.10. The molecule has 3 rings (SSSR count). The van der Waals surface area contributed by atoms with Crippen molar-refractivity contribution >= 4 is 11.6 Å². The second kappa shape index (κ2) is 7.77. The van der Waals surface area contributed by atoms with Crippen LogP contribution in [0.5, 0.6) is 23.0 Å². The molecule has 0 saturated carbocycles. The van der Waals surface area contributed by atoms with E-state index < -0.39 is 0 Å². The van der Waals surface area contributed by atoms with Crippen molar-refractivity contribution in [3.63, 3.8) is 0 Å². The third-order valence-corrected chi connectivity index (χ3v) is 4.56. The number of nitrogens with zero attached hydrogens (tertiary/aromatic N) is 1. The molecule has 5 heteroatoms. The van der Waals surface area contributed by atoms with Gasteiger partial charge >= 0.3 is 0 Å². The Morgan fingerprint density at radius 1 is 0.958 bits per heavy atom. The highest BCUT2D eigenvalue weighted by molar-refractivity contribution is 6.31. The van der Waals surface area contributed by atoms with Crippen LogP contribution in [0.3, 0.4) is 0 Å². The SMILES string of the molecule is COc1ccccc1Oc1cc(Cl)c(CN2CCCC2)c(OC)c1. The van der Waals surface area contributed by atoms with Gasteiger partial charge in [-0.1, -0.05) is 23.7 Å². The maximum Gasteiger partial charge on any atom is 0.169 e. The Hall–Kier alpha value is -1.91. The molecule has 1 fully saturated rings. The van der Waals surface area contributed by atoms with Crippen molar-refractivity contribution in [2.75, 3.05) is 27.3 Å². The first-order valence-corrected chi connectivity index (χ1v) is 8.48. The molecule has 24 heavy (non-hydrogen) atoms. The van der Waals surface area contributed by atoms with Gasteiger partial charge in [-0.05, 0) is 38.1 Å². The second-order valence-electron chi connectivity index (χ2n) is 5.82. The zero-order chi connectivity index (χ0) is 16.9. The van der Waals surface area contributed by atoms with Gasteiger partial charge in [0.1, 0.15) is 11.5 Å². The van der Waals surface area contributed by atoms with E-state index in [1.807, 2.05) is 36.4 Å². The number of halogens is 1. The molecule has 0 aliphatic carbocycles. The summed E-state index contributed by atoms with van der Waals surface area (Å²) in [5.41, 5.74) is 1.01. The minimum Gasteiger partial charge on any atom is -0.496 e. The quantitative estimate of drug-likeness (QED) is 0.754. The lowest BCUT2D eigenvalue weighted by atomic mass is 10.1. The summed E-state index contributed by atoms with van der Waals surface area (Å²) in [6.07, 6.45) is 2.49. The Morgan fingerprint density at radius 2 is 1.62 bits per heavy atom. The molecule has 2 aromatic rings. The van der Waals surface area contributed by atoms with Crippen molar-refractivity contribution in [2.45, 2.75) is 19.4 Å². The monoisotopic (exact) mass is 347 g/mol. The van der Waals surface area contributed by atoms with E-state index in [2.05, 4.69) is 4.90 Å². The Balaban J connectivity index is 1.85. The molecule has 0 spiro atoms. The zero-order valence-electron chi connectivity index (χ0n) is 14.0. The molecular weight excluding hydrogens is 326 g/mol. The predicted octanol–water partition coefficient (Wildman–Crippen LogP) is 4.75. The minimum atomic E-state index is 0.631. The van der Waals surface area contributed by atoms with Crippen LogP contribution in [0.15, 0.2) is 36.4 Å². The maximum atomic E-state index is 6.51. The molecule has 1 heterocycles. The third kappa shape index (κ3) is 3.77. The number of hydrogen-bond acceptors (Lipinski definition) is 4. The van der Waals surface area contributed by atoms with Gasteiger partial charge < -0.3 is 14.2 Å². The van der Waals surface area contributed by atoms with Crippen LogP contribution >= 0.6 is 11.6 Å². The summed E-state index contributed by atoms with van der Waals surface area (Å²) >= 11 is 6.51. The van der Waals surface area contributed by atoms with E-state index in [0.29, 0.717) is 22.3 Å². The number of methoxy groups -OCH3 is 2. The Bertz CT molecular complexity index is 699. The van der Waals surface area contributed by atoms with Gasteiger partial charge in [0.25, 0.3) is 0 Å². The molecule has 0 amide bonds. The Kier molecular flexibility index (Phi) is 5.48. The first-order chi connectivity index (χ1) is 11.7. The summed E-state index contributed by atoms with van der Waals surface area (Å²) in [6.45, 7) is 3.02. The van der Waals surface area contributed by atoms with Crippen LogP contribution in [-0.2, 0) is 6.54 Å². The second-order valence-corrected chi connectivity index (χ2v) is 6.23. The normalized spacial score (nSPS) is 14.6. The van der Waals surface area contributed by atoms with E-state index >= 15 is 0 Å². The van der Waals surface area contributed by atoms with Gasteiger partial charge in [-0.15, -0.1) is 0 Å². The molecule has 0 bridgehead atoms. The molecule has 0 unspecified atom stereocenters. The summed E-state index contributed by atoms with van der Waals surface area (Å²) in [7, 11) is 3.28. The molecule has 128 valence electrons. The van der Waals surface area contributed by atoms with Crippen molar-refractivity contribution < 1.29 is 14.2 Å². The molecule has 1 aliphatic rings. The lowest BCUT2D eigenvalue weighted by Crippen LogP contribution is -2.19. The molecule has 1 aliphatic heterocycles. The lowest BCUT2D eigenvalue weighted by molar-refractivity contribution is 0.320. The van der Waals surface area contributed by atoms with Crippen molar-refractivity contribution in [3.8, 4) is 23.0 Å². The Labute approximate surface area is 147 Å². The van der Waals surface area contributed by atoms with Crippen LogP contribution in [0.25, 0.3) is 0 Å². The molecule has 0 aromatic heterocycles. The fourth-order valence-corrected chi connectivity index (χ4v) is 3.24. The van der Waals surface area contributed by atoms with Crippen LogP contribution in [0.4, 0.5) is 0 Å². The number of benzene rings is 2. The molecule has 0 atom stereocenters. The molecule has 0 radical (unpaired) electrons. The topological polar surface area (TPSA) is 30.9 Å².